The van der Waals surface area contributed by atoms with Gasteiger partial charge in [0.25, 0.3) is 0 Å². The van der Waals surface area contributed by atoms with Crippen LogP contribution in [0, 0.1) is 22.7 Å². The first kappa shape index (κ1) is 21.2. The van der Waals surface area contributed by atoms with E-state index in [0.717, 1.165) is 5.57 Å². The molecule has 7 heteroatoms. The first-order valence-corrected chi connectivity index (χ1v) is 11.3. The highest BCUT2D eigenvalue weighted by atomic mass is 35.5. The fraction of sp³-hybridized carbons (Fsp3) is 0.667. The SMILES string of the molecule is CC1(C)O[C@@H]2C[C@H]3[C@@H]4CCC5=CC(=O)C=C[C@]5(C)[C@@]4(Cl)C(=O)C[C@]3(C)[C@]2(C(=O)C=O)O1. The summed E-state index contributed by atoms with van der Waals surface area (Å²) in [5.74, 6) is -2.34. The zero-order valence-corrected chi connectivity index (χ0v) is 19.0. The summed E-state index contributed by atoms with van der Waals surface area (Å²) in [4.78, 5) is 49.4. The van der Waals surface area contributed by atoms with Gasteiger partial charge in [-0.15, -0.1) is 11.6 Å². The summed E-state index contributed by atoms with van der Waals surface area (Å²) >= 11 is 7.30. The second-order valence-corrected chi connectivity index (χ2v) is 11.2. The maximum Gasteiger partial charge on any atom is 0.230 e. The summed E-state index contributed by atoms with van der Waals surface area (Å²) in [6, 6.07) is 0. The molecule has 5 aliphatic rings. The summed E-state index contributed by atoms with van der Waals surface area (Å²) in [6.45, 7) is 7.26. The lowest BCUT2D eigenvalue weighted by Crippen LogP contribution is -2.68. The van der Waals surface area contributed by atoms with E-state index in [1.807, 2.05) is 13.8 Å². The van der Waals surface area contributed by atoms with Crippen molar-refractivity contribution >= 4 is 35.2 Å². The molecule has 5 rings (SSSR count). The number of halogens is 1. The van der Waals surface area contributed by atoms with Crippen molar-refractivity contribution in [3.63, 3.8) is 0 Å². The van der Waals surface area contributed by atoms with Gasteiger partial charge in [0.05, 0.1) is 6.10 Å². The predicted molar refractivity (Wildman–Crippen MR) is 111 cm³/mol. The van der Waals surface area contributed by atoms with E-state index in [2.05, 4.69) is 0 Å². The van der Waals surface area contributed by atoms with E-state index in [-0.39, 0.29) is 29.8 Å². The number of hydrogen-bond acceptors (Lipinski definition) is 6. The maximum absolute atomic E-state index is 13.9. The van der Waals surface area contributed by atoms with Crippen LogP contribution in [0.3, 0.4) is 0 Å². The standard InChI is InChI=1S/C24H27ClO6/c1-20(2)30-19-10-16-15-6-5-13-9-14(27)7-8-21(13,3)23(15,25)17(28)11-22(16,4)24(19,31-20)18(29)12-26/h7-9,12,15-16,19H,5-6,10-11H2,1-4H3/t15-,16-,19+,21-,22-,23-,24+/m0/s1. The van der Waals surface area contributed by atoms with Gasteiger partial charge in [-0.1, -0.05) is 25.5 Å². The highest BCUT2D eigenvalue weighted by Gasteiger charge is 2.79. The fourth-order valence-corrected chi connectivity index (χ4v) is 8.07. The Balaban J connectivity index is 1.65. The van der Waals surface area contributed by atoms with E-state index in [9.17, 15) is 19.2 Å². The Morgan fingerprint density at radius 2 is 1.90 bits per heavy atom. The van der Waals surface area contributed by atoms with Crippen molar-refractivity contribution in [1.82, 2.24) is 0 Å². The third-order valence-electron chi connectivity index (χ3n) is 8.87. The minimum Gasteiger partial charge on any atom is -0.344 e. The van der Waals surface area contributed by atoms with Gasteiger partial charge in [-0.25, -0.2) is 0 Å². The van der Waals surface area contributed by atoms with Crippen molar-refractivity contribution in [2.75, 3.05) is 0 Å². The number of ketones is 3. The molecular weight excluding hydrogens is 420 g/mol. The molecule has 0 amide bonds. The number of alkyl halides is 1. The minimum absolute atomic E-state index is 0.0117. The van der Waals surface area contributed by atoms with Crippen LogP contribution in [0.15, 0.2) is 23.8 Å². The van der Waals surface area contributed by atoms with Gasteiger partial charge < -0.3 is 9.47 Å². The molecule has 0 aromatic heterocycles. The molecule has 0 radical (unpaired) electrons. The molecule has 31 heavy (non-hydrogen) atoms. The van der Waals surface area contributed by atoms with Gasteiger partial charge in [-0.05, 0) is 57.1 Å². The minimum atomic E-state index is -1.49. The molecule has 6 nitrogen and oxygen atoms in total. The number of ether oxygens (including phenoxy) is 2. The van der Waals surface area contributed by atoms with Crippen molar-refractivity contribution in [1.29, 1.82) is 0 Å². The highest BCUT2D eigenvalue weighted by molar-refractivity contribution is 6.37. The van der Waals surface area contributed by atoms with Crippen LogP contribution in [0.25, 0.3) is 0 Å². The first-order valence-electron chi connectivity index (χ1n) is 10.9. The molecular formula is C24H27ClO6. The van der Waals surface area contributed by atoms with Gasteiger partial charge in [0.2, 0.25) is 5.78 Å². The van der Waals surface area contributed by atoms with Crippen LogP contribution in [0.5, 0.6) is 0 Å². The summed E-state index contributed by atoms with van der Waals surface area (Å²) in [5.41, 5.74) is -2.29. The predicted octanol–water partition coefficient (Wildman–Crippen LogP) is 3.10. The van der Waals surface area contributed by atoms with Crippen molar-refractivity contribution in [3.05, 3.63) is 23.8 Å². The molecule has 3 saturated carbocycles. The van der Waals surface area contributed by atoms with Crippen LogP contribution in [0.2, 0.25) is 0 Å². The molecule has 0 bridgehead atoms. The molecule has 4 aliphatic carbocycles. The number of fused-ring (bicyclic) bond motifs is 7. The molecule has 1 aliphatic heterocycles. The Bertz CT molecular complexity index is 996. The van der Waals surface area contributed by atoms with Crippen molar-refractivity contribution in [2.24, 2.45) is 22.7 Å². The van der Waals surface area contributed by atoms with Gasteiger partial charge >= 0.3 is 0 Å². The first-order chi connectivity index (χ1) is 14.4. The monoisotopic (exact) mass is 446 g/mol. The Morgan fingerprint density at radius 1 is 1.19 bits per heavy atom. The van der Waals surface area contributed by atoms with Crippen molar-refractivity contribution in [3.8, 4) is 0 Å². The molecule has 1 saturated heterocycles. The quantitative estimate of drug-likeness (QED) is 0.368. The van der Waals surface area contributed by atoms with Gasteiger partial charge in [-0.2, -0.15) is 0 Å². The van der Waals surface area contributed by atoms with Gasteiger partial charge in [0.15, 0.2) is 29.2 Å². The van der Waals surface area contributed by atoms with Crippen molar-refractivity contribution < 1.29 is 28.7 Å². The normalized spacial score (nSPS) is 49.6. The second kappa shape index (κ2) is 6.03. The lowest BCUT2D eigenvalue weighted by Gasteiger charge is -2.60. The zero-order valence-electron chi connectivity index (χ0n) is 18.2. The van der Waals surface area contributed by atoms with E-state index >= 15 is 0 Å². The maximum atomic E-state index is 13.9. The fourth-order valence-electron chi connectivity index (χ4n) is 7.56. The van der Waals surface area contributed by atoms with Crippen LogP contribution >= 0.6 is 11.6 Å². The molecule has 1 heterocycles. The third kappa shape index (κ3) is 2.26. The van der Waals surface area contributed by atoms with Crippen LogP contribution in [-0.2, 0) is 28.7 Å². The van der Waals surface area contributed by atoms with E-state index in [0.29, 0.717) is 25.5 Å². The topological polar surface area (TPSA) is 86.7 Å². The molecule has 0 N–H and O–H groups in total. The van der Waals surface area contributed by atoms with E-state index in [1.54, 1.807) is 26.0 Å². The third-order valence-corrected chi connectivity index (χ3v) is 9.75. The largest absolute Gasteiger partial charge is 0.344 e. The molecule has 0 unspecified atom stereocenters. The molecule has 166 valence electrons. The number of aldehydes is 1. The number of rotatable bonds is 2. The second-order valence-electron chi connectivity index (χ2n) is 10.7. The van der Waals surface area contributed by atoms with Gasteiger partial charge in [-0.3, -0.25) is 19.2 Å². The van der Waals surface area contributed by atoms with E-state index in [1.165, 1.54) is 6.08 Å². The van der Waals surface area contributed by atoms with Crippen LogP contribution in [-0.4, -0.2) is 46.0 Å². The molecule has 0 aromatic rings. The number of carbonyl (C=O) groups excluding carboxylic acids is 4. The molecule has 0 aromatic carbocycles. The summed E-state index contributed by atoms with van der Waals surface area (Å²) in [6.07, 6.45) is 6.35. The van der Waals surface area contributed by atoms with Crippen molar-refractivity contribution in [2.45, 2.75) is 75.7 Å². The van der Waals surface area contributed by atoms with Crippen LogP contribution in [0.1, 0.15) is 53.4 Å². The average Bonchev–Trinajstić information content (AvgIpc) is 3.09. The highest BCUT2D eigenvalue weighted by Crippen LogP contribution is 2.71. The van der Waals surface area contributed by atoms with E-state index in [4.69, 9.17) is 21.1 Å². The van der Waals surface area contributed by atoms with Crippen LogP contribution < -0.4 is 0 Å². The molecule has 0 spiro atoms. The smallest absolute Gasteiger partial charge is 0.230 e. The summed E-state index contributed by atoms with van der Waals surface area (Å²) < 4.78 is 12.3. The Kier molecular flexibility index (Phi) is 4.13. The Labute approximate surface area is 186 Å². The van der Waals surface area contributed by atoms with Gasteiger partial charge in [0, 0.05) is 17.3 Å². The Hall–Kier alpha value is -1.63. The lowest BCUT2D eigenvalue weighted by atomic mass is 9.46. The zero-order chi connectivity index (χ0) is 22.6. The number of allylic oxidation sites excluding steroid dienone is 4. The number of Topliss-reactive ketones (excluding diaryl/α,β-unsaturated/α-hetero) is 2. The van der Waals surface area contributed by atoms with Gasteiger partial charge in [0.1, 0.15) is 4.87 Å². The summed E-state index contributed by atoms with van der Waals surface area (Å²) in [7, 11) is 0. The lowest BCUT2D eigenvalue weighted by molar-refractivity contribution is -0.210. The summed E-state index contributed by atoms with van der Waals surface area (Å²) in [5, 5.41) is 0. The average molecular weight is 447 g/mol. The molecule has 7 atom stereocenters. The number of hydrogen-bond donors (Lipinski definition) is 0. The number of carbonyl (C=O) groups is 4. The molecule has 4 fully saturated rings. The van der Waals surface area contributed by atoms with Crippen LogP contribution in [0.4, 0.5) is 0 Å². The Morgan fingerprint density at radius 3 is 2.58 bits per heavy atom. The van der Waals surface area contributed by atoms with E-state index < -0.39 is 39.0 Å².